The number of anilines is 1. The number of ketones is 1. The summed E-state index contributed by atoms with van der Waals surface area (Å²) in [6.07, 6.45) is 12.3. The van der Waals surface area contributed by atoms with Gasteiger partial charge in [0.2, 0.25) is 0 Å². The van der Waals surface area contributed by atoms with E-state index in [1.165, 1.54) is 58.3 Å². The zero-order chi connectivity index (χ0) is 20.6. The second-order valence-electron chi connectivity index (χ2n) is 8.35. The zero-order valence-corrected chi connectivity index (χ0v) is 17.9. The lowest BCUT2D eigenvalue weighted by atomic mass is 9.89. The van der Waals surface area contributed by atoms with Gasteiger partial charge in [0.1, 0.15) is 5.78 Å². The molecule has 0 fully saturated rings. The Bertz CT molecular complexity index is 670. The molecule has 1 aliphatic heterocycles. The van der Waals surface area contributed by atoms with E-state index in [4.69, 9.17) is 0 Å². The number of aliphatic hydroxyl groups is 1. The molecule has 0 aromatic heterocycles. The Morgan fingerprint density at radius 2 is 1.57 bits per heavy atom. The highest BCUT2D eigenvalue weighted by atomic mass is 16.3. The molecule has 1 amide bonds. The minimum absolute atomic E-state index is 0.156. The van der Waals surface area contributed by atoms with Gasteiger partial charge in [0, 0.05) is 18.5 Å². The van der Waals surface area contributed by atoms with Gasteiger partial charge in [-0.1, -0.05) is 82.9 Å². The number of hydrogen-bond acceptors (Lipinski definition) is 3. The van der Waals surface area contributed by atoms with Crippen LogP contribution in [0.4, 0.5) is 5.69 Å². The Morgan fingerprint density at radius 1 is 1.00 bits per heavy atom. The van der Waals surface area contributed by atoms with Crippen LogP contribution in [0.25, 0.3) is 0 Å². The number of fused-ring (bicyclic) bond motifs is 1. The fourth-order valence-electron chi connectivity index (χ4n) is 4.29. The summed E-state index contributed by atoms with van der Waals surface area (Å²) in [6, 6.07) is 5.58. The largest absolute Gasteiger partial charge is 0.375 e. The van der Waals surface area contributed by atoms with Crippen molar-refractivity contribution in [3.05, 3.63) is 29.3 Å². The van der Waals surface area contributed by atoms with Gasteiger partial charge in [-0.3, -0.25) is 9.59 Å². The lowest BCUT2D eigenvalue weighted by molar-refractivity contribution is -0.141. The fourth-order valence-corrected chi connectivity index (χ4v) is 4.29. The molecule has 4 heteroatoms. The van der Waals surface area contributed by atoms with Crippen molar-refractivity contribution in [1.82, 2.24) is 0 Å². The molecular formula is C24H37NO3. The number of nitrogens with zero attached hydrogens (tertiary/aromatic N) is 1. The molecule has 2 rings (SSSR count). The number of rotatable bonds is 13. The summed E-state index contributed by atoms with van der Waals surface area (Å²) in [5, 5.41) is 11.0. The van der Waals surface area contributed by atoms with Gasteiger partial charge in [0.25, 0.3) is 5.91 Å². The molecule has 1 atom stereocenters. The molecule has 1 heterocycles. The van der Waals surface area contributed by atoms with Gasteiger partial charge in [0.15, 0.2) is 5.60 Å². The third-order valence-electron chi connectivity index (χ3n) is 5.79. The molecule has 0 saturated carbocycles. The van der Waals surface area contributed by atoms with Gasteiger partial charge in [-0.15, -0.1) is 0 Å². The third-order valence-corrected chi connectivity index (χ3v) is 5.79. The molecule has 1 unspecified atom stereocenters. The first-order valence-corrected chi connectivity index (χ1v) is 11.1. The average molecular weight is 388 g/mol. The summed E-state index contributed by atoms with van der Waals surface area (Å²) in [5.41, 5.74) is 0.649. The lowest BCUT2D eigenvalue weighted by Gasteiger charge is -2.22. The molecule has 1 aromatic rings. The maximum Gasteiger partial charge on any atom is 0.264 e. The highest BCUT2D eigenvalue weighted by Crippen LogP contribution is 2.44. The first kappa shape index (κ1) is 22.6. The van der Waals surface area contributed by atoms with E-state index in [1.54, 1.807) is 11.0 Å². The quantitative estimate of drug-likeness (QED) is 0.459. The standard InChI is InChI=1S/C24H37NO3/c1-4-5-6-7-8-9-10-11-12-13-17-25-22-19(2)15-14-16-21(22)24(28,23(25)27)18-20(3)26/h14-16,28H,4-13,17-18H2,1-3H3. The number of carbonyl (C=O) groups is 2. The van der Waals surface area contributed by atoms with E-state index in [9.17, 15) is 14.7 Å². The van der Waals surface area contributed by atoms with Crippen molar-refractivity contribution in [3.63, 3.8) is 0 Å². The van der Waals surface area contributed by atoms with Crippen LogP contribution in [0.2, 0.25) is 0 Å². The van der Waals surface area contributed by atoms with Crippen LogP contribution in [-0.4, -0.2) is 23.3 Å². The Hall–Kier alpha value is -1.68. The molecule has 1 aromatic carbocycles. The van der Waals surface area contributed by atoms with E-state index in [0.29, 0.717) is 12.1 Å². The van der Waals surface area contributed by atoms with E-state index < -0.39 is 5.60 Å². The van der Waals surface area contributed by atoms with Crippen LogP contribution in [0.1, 0.15) is 95.6 Å². The Labute approximate surface area is 170 Å². The van der Waals surface area contributed by atoms with Gasteiger partial charge in [-0.05, 0) is 25.8 Å². The molecule has 4 nitrogen and oxygen atoms in total. The van der Waals surface area contributed by atoms with Crippen LogP contribution < -0.4 is 4.90 Å². The molecule has 0 bridgehead atoms. The number of unbranched alkanes of at least 4 members (excludes halogenated alkanes) is 9. The monoisotopic (exact) mass is 387 g/mol. The summed E-state index contributed by atoms with van der Waals surface area (Å²) in [6.45, 7) is 6.22. The van der Waals surface area contributed by atoms with Crippen molar-refractivity contribution in [1.29, 1.82) is 0 Å². The van der Waals surface area contributed by atoms with Crippen LogP contribution in [-0.2, 0) is 15.2 Å². The Balaban J connectivity index is 1.86. The van der Waals surface area contributed by atoms with Crippen molar-refractivity contribution >= 4 is 17.4 Å². The van der Waals surface area contributed by atoms with Crippen LogP contribution in [0.5, 0.6) is 0 Å². The molecule has 0 spiro atoms. The van der Waals surface area contributed by atoms with E-state index in [2.05, 4.69) is 6.92 Å². The summed E-state index contributed by atoms with van der Waals surface area (Å²) in [7, 11) is 0. The molecule has 0 aliphatic carbocycles. The average Bonchev–Trinajstić information content (AvgIpc) is 2.85. The van der Waals surface area contributed by atoms with E-state index in [-0.39, 0.29) is 18.1 Å². The fraction of sp³-hybridized carbons (Fsp3) is 0.667. The molecule has 1 aliphatic rings. The molecule has 28 heavy (non-hydrogen) atoms. The smallest absolute Gasteiger partial charge is 0.264 e. The highest BCUT2D eigenvalue weighted by Gasteiger charge is 2.50. The van der Waals surface area contributed by atoms with E-state index in [1.807, 2.05) is 19.1 Å². The van der Waals surface area contributed by atoms with Gasteiger partial charge in [-0.25, -0.2) is 0 Å². The van der Waals surface area contributed by atoms with E-state index in [0.717, 1.165) is 24.1 Å². The van der Waals surface area contributed by atoms with Gasteiger partial charge in [-0.2, -0.15) is 0 Å². The predicted molar refractivity (Wildman–Crippen MR) is 115 cm³/mol. The number of carbonyl (C=O) groups excluding carboxylic acids is 2. The number of amides is 1. The van der Waals surface area contributed by atoms with Crippen LogP contribution >= 0.6 is 0 Å². The molecule has 156 valence electrons. The molecular weight excluding hydrogens is 350 g/mol. The second-order valence-corrected chi connectivity index (χ2v) is 8.35. The predicted octanol–water partition coefficient (Wildman–Crippen LogP) is 5.43. The molecule has 1 N–H and O–H groups in total. The van der Waals surface area contributed by atoms with Crippen LogP contribution in [0.15, 0.2) is 18.2 Å². The Morgan fingerprint density at radius 3 is 2.14 bits per heavy atom. The summed E-state index contributed by atoms with van der Waals surface area (Å²) >= 11 is 0. The van der Waals surface area contributed by atoms with E-state index >= 15 is 0 Å². The van der Waals surface area contributed by atoms with Gasteiger partial charge in [0.05, 0.1) is 5.69 Å². The zero-order valence-electron chi connectivity index (χ0n) is 17.9. The number of benzene rings is 1. The maximum atomic E-state index is 13.0. The van der Waals surface area contributed by atoms with Crippen LogP contribution in [0.3, 0.4) is 0 Å². The normalized spacial score (nSPS) is 18.6. The number of aryl methyl sites for hydroxylation is 1. The second kappa shape index (κ2) is 10.8. The minimum Gasteiger partial charge on any atom is -0.375 e. The van der Waals surface area contributed by atoms with Crippen molar-refractivity contribution < 1.29 is 14.7 Å². The SMILES string of the molecule is CCCCCCCCCCCCN1C(=O)C(O)(CC(C)=O)c2cccc(C)c21. The minimum atomic E-state index is -1.70. The van der Waals surface area contributed by atoms with Crippen LogP contribution in [0, 0.1) is 6.92 Å². The highest BCUT2D eigenvalue weighted by molar-refractivity contribution is 6.09. The number of hydrogen-bond donors (Lipinski definition) is 1. The summed E-state index contributed by atoms with van der Waals surface area (Å²) in [4.78, 5) is 26.4. The Kier molecular flexibility index (Phi) is 8.68. The first-order chi connectivity index (χ1) is 13.4. The maximum absolute atomic E-state index is 13.0. The van der Waals surface area contributed by atoms with Crippen molar-refractivity contribution in [2.24, 2.45) is 0 Å². The first-order valence-electron chi connectivity index (χ1n) is 11.1. The molecule has 0 radical (unpaired) electrons. The van der Waals surface area contributed by atoms with Gasteiger partial charge < -0.3 is 10.0 Å². The number of para-hydroxylation sites is 1. The molecule has 0 saturated heterocycles. The number of Topliss-reactive ketones (excluding diaryl/α,β-unsaturated/α-hetero) is 1. The van der Waals surface area contributed by atoms with Crippen molar-refractivity contribution in [2.75, 3.05) is 11.4 Å². The topological polar surface area (TPSA) is 57.6 Å². The summed E-state index contributed by atoms with van der Waals surface area (Å²) < 4.78 is 0. The van der Waals surface area contributed by atoms with Crippen molar-refractivity contribution in [3.8, 4) is 0 Å². The lowest BCUT2D eigenvalue weighted by Crippen LogP contribution is -2.42. The third kappa shape index (κ3) is 5.44. The van der Waals surface area contributed by atoms with Gasteiger partial charge >= 0.3 is 0 Å². The summed E-state index contributed by atoms with van der Waals surface area (Å²) in [5.74, 6) is -0.521. The van der Waals surface area contributed by atoms with Crippen molar-refractivity contribution in [2.45, 2.75) is 97.0 Å².